The second-order valence-corrected chi connectivity index (χ2v) is 4.63. The Morgan fingerprint density at radius 2 is 2.00 bits per heavy atom. The van der Waals surface area contributed by atoms with Gasteiger partial charge in [-0.25, -0.2) is 0 Å². The second kappa shape index (κ2) is 5.10. The number of benzene rings is 1. The lowest BCUT2D eigenvalue weighted by molar-refractivity contribution is 0.0342. The SMILES string of the molecule is OCc1cc2ccc(CN3CCOCC3)cc2o1. The van der Waals surface area contributed by atoms with Crippen LogP contribution in [0, 0.1) is 0 Å². The van der Waals surface area contributed by atoms with Gasteiger partial charge in [0.25, 0.3) is 0 Å². The molecule has 1 aliphatic rings. The number of nitrogens with zero attached hydrogens (tertiary/aromatic N) is 1. The van der Waals surface area contributed by atoms with Gasteiger partial charge < -0.3 is 14.3 Å². The first kappa shape index (κ1) is 11.7. The van der Waals surface area contributed by atoms with Crippen molar-refractivity contribution in [1.29, 1.82) is 0 Å². The Morgan fingerprint density at radius 1 is 1.17 bits per heavy atom. The van der Waals surface area contributed by atoms with E-state index in [9.17, 15) is 0 Å². The highest BCUT2D eigenvalue weighted by Crippen LogP contribution is 2.21. The molecule has 0 spiro atoms. The van der Waals surface area contributed by atoms with E-state index in [0.29, 0.717) is 5.76 Å². The summed E-state index contributed by atoms with van der Waals surface area (Å²) in [5.41, 5.74) is 2.09. The Hall–Kier alpha value is -1.36. The van der Waals surface area contributed by atoms with Crippen molar-refractivity contribution in [1.82, 2.24) is 4.90 Å². The maximum Gasteiger partial charge on any atom is 0.134 e. The highest BCUT2D eigenvalue weighted by atomic mass is 16.5. The molecule has 96 valence electrons. The van der Waals surface area contributed by atoms with E-state index in [1.54, 1.807) is 0 Å². The number of morpholine rings is 1. The number of aliphatic hydroxyl groups is 1. The topological polar surface area (TPSA) is 45.8 Å². The zero-order valence-corrected chi connectivity index (χ0v) is 10.3. The van der Waals surface area contributed by atoms with Crippen molar-refractivity contribution in [2.24, 2.45) is 0 Å². The van der Waals surface area contributed by atoms with Crippen LogP contribution in [0.1, 0.15) is 11.3 Å². The molecule has 1 N–H and O–H groups in total. The number of hydrogen-bond donors (Lipinski definition) is 1. The van der Waals surface area contributed by atoms with Gasteiger partial charge in [0, 0.05) is 25.0 Å². The summed E-state index contributed by atoms with van der Waals surface area (Å²) in [6, 6.07) is 8.11. The Bertz CT molecular complexity index is 529. The molecule has 4 heteroatoms. The van der Waals surface area contributed by atoms with Gasteiger partial charge in [0.05, 0.1) is 13.2 Å². The first-order chi connectivity index (χ1) is 8.85. The largest absolute Gasteiger partial charge is 0.459 e. The summed E-state index contributed by atoms with van der Waals surface area (Å²) in [5, 5.41) is 10.1. The van der Waals surface area contributed by atoms with E-state index in [1.807, 2.05) is 12.1 Å². The summed E-state index contributed by atoms with van der Waals surface area (Å²) < 4.78 is 10.9. The summed E-state index contributed by atoms with van der Waals surface area (Å²) in [4.78, 5) is 2.38. The first-order valence-corrected chi connectivity index (χ1v) is 6.27. The molecule has 1 saturated heterocycles. The third-order valence-corrected chi connectivity index (χ3v) is 3.30. The molecule has 0 atom stereocenters. The number of furan rings is 1. The summed E-state index contributed by atoms with van der Waals surface area (Å²) >= 11 is 0. The molecule has 0 unspecified atom stereocenters. The maximum atomic E-state index is 9.05. The van der Waals surface area contributed by atoms with Gasteiger partial charge in [-0.1, -0.05) is 12.1 Å². The van der Waals surface area contributed by atoms with Gasteiger partial charge in [0.1, 0.15) is 18.0 Å². The smallest absolute Gasteiger partial charge is 0.134 e. The minimum absolute atomic E-state index is 0.0481. The fourth-order valence-electron chi connectivity index (χ4n) is 2.32. The monoisotopic (exact) mass is 247 g/mol. The van der Waals surface area contributed by atoms with E-state index in [4.69, 9.17) is 14.3 Å². The molecular formula is C14H17NO3. The predicted octanol–water partition coefficient (Wildman–Crippen LogP) is 1.76. The van der Waals surface area contributed by atoms with Crippen LogP contribution in [-0.2, 0) is 17.9 Å². The Kier molecular flexibility index (Phi) is 3.32. The highest BCUT2D eigenvalue weighted by molar-refractivity contribution is 5.78. The van der Waals surface area contributed by atoms with E-state index >= 15 is 0 Å². The van der Waals surface area contributed by atoms with Crippen molar-refractivity contribution >= 4 is 11.0 Å². The summed E-state index contributed by atoms with van der Waals surface area (Å²) in [7, 11) is 0. The molecule has 0 bridgehead atoms. The van der Waals surface area contributed by atoms with E-state index in [1.165, 1.54) is 5.56 Å². The summed E-state index contributed by atoms with van der Waals surface area (Å²) in [6.45, 7) is 4.48. The average molecular weight is 247 g/mol. The molecule has 1 aliphatic heterocycles. The van der Waals surface area contributed by atoms with Crippen molar-refractivity contribution in [2.75, 3.05) is 26.3 Å². The minimum Gasteiger partial charge on any atom is -0.459 e. The third kappa shape index (κ3) is 2.41. The van der Waals surface area contributed by atoms with Gasteiger partial charge in [-0.05, 0) is 17.7 Å². The lowest BCUT2D eigenvalue weighted by Crippen LogP contribution is -2.35. The standard InChI is InChI=1S/C14H17NO3/c16-10-13-8-12-2-1-11(7-14(12)18-13)9-15-3-5-17-6-4-15/h1-2,7-8,16H,3-6,9-10H2. The number of fused-ring (bicyclic) bond motifs is 1. The molecule has 1 fully saturated rings. The van der Waals surface area contributed by atoms with Crippen molar-refractivity contribution in [2.45, 2.75) is 13.2 Å². The molecule has 4 nitrogen and oxygen atoms in total. The Morgan fingerprint density at radius 3 is 2.78 bits per heavy atom. The number of aliphatic hydroxyl groups excluding tert-OH is 1. The summed E-state index contributed by atoms with van der Waals surface area (Å²) in [5.74, 6) is 0.619. The van der Waals surface area contributed by atoms with Crippen LogP contribution in [-0.4, -0.2) is 36.3 Å². The molecule has 2 aromatic rings. The van der Waals surface area contributed by atoms with Crippen LogP contribution < -0.4 is 0 Å². The molecule has 0 aliphatic carbocycles. The van der Waals surface area contributed by atoms with Crippen LogP contribution in [0.5, 0.6) is 0 Å². The molecule has 0 radical (unpaired) electrons. The lowest BCUT2D eigenvalue weighted by atomic mass is 10.1. The third-order valence-electron chi connectivity index (χ3n) is 3.30. The normalized spacial score (nSPS) is 17.4. The van der Waals surface area contributed by atoms with Gasteiger partial charge >= 0.3 is 0 Å². The molecule has 1 aromatic heterocycles. The van der Waals surface area contributed by atoms with Gasteiger partial charge in [-0.2, -0.15) is 0 Å². The Balaban J connectivity index is 1.79. The van der Waals surface area contributed by atoms with Crippen molar-refractivity contribution < 1.29 is 14.3 Å². The molecular weight excluding hydrogens is 230 g/mol. The van der Waals surface area contributed by atoms with Crippen molar-refractivity contribution in [3.8, 4) is 0 Å². The maximum absolute atomic E-state index is 9.05. The number of hydrogen-bond acceptors (Lipinski definition) is 4. The minimum atomic E-state index is -0.0481. The first-order valence-electron chi connectivity index (χ1n) is 6.27. The van der Waals surface area contributed by atoms with Gasteiger partial charge in [0.2, 0.25) is 0 Å². The molecule has 0 amide bonds. The van der Waals surface area contributed by atoms with Gasteiger partial charge in [-0.3, -0.25) is 4.90 Å². The zero-order chi connectivity index (χ0) is 12.4. The quantitative estimate of drug-likeness (QED) is 0.897. The van der Waals surface area contributed by atoms with Crippen LogP contribution >= 0.6 is 0 Å². The zero-order valence-electron chi connectivity index (χ0n) is 10.3. The fourth-order valence-corrected chi connectivity index (χ4v) is 2.32. The van der Waals surface area contributed by atoms with Crippen LogP contribution in [0.3, 0.4) is 0 Å². The van der Waals surface area contributed by atoms with Gasteiger partial charge in [0.15, 0.2) is 0 Å². The molecule has 1 aromatic carbocycles. The highest BCUT2D eigenvalue weighted by Gasteiger charge is 2.11. The van der Waals surface area contributed by atoms with Crippen molar-refractivity contribution in [3.63, 3.8) is 0 Å². The van der Waals surface area contributed by atoms with Crippen LogP contribution in [0.25, 0.3) is 11.0 Å². The molecule has 18 heavy (non-hydrogen) atoms. The molecule has 3 rings (SSSR count). The van der Waals surface area contributed by atoms with Crippen LogP contribution in [0.15, 0.2) is 28.7 Å². The van der Waals surface area contributed by atoms with E-state index in [2.05, 4.69) is 17.0 Å². The van der Waals surface area contributed by atoms with E-state index < -0.39 is 0 Å². The lowest BCUT2D eigenvalue weighted by Gasteiger charge is -2.26. The summed E-state index contributed by atoms with van der Waals surface area (Å²) in [6.07, 6.45) is 0. The average Bonchev–Trinajstić information content (AvgIpc) is 2.82. The predicted molar refractivity (Wildman–Crippen MR) is 68.2 cm³/mol. The van der Waals surface area contributed by atoms with E-state index in [0.717, 1.165) is 43.8 Å². The fraction of sp³-hybridized carbons (Fsp3) is 0.429. The van der Waals surface area contributed by atoms with Gasteiger partial charge in [-0.15, -0.1) is 0 Å². The van der Waals surface area contributed by atoms with E-state index in [-0.39, 0.29) is 6.61 Å². The molecule has 0 saturated carbocycles. The van der Waals surface area contributed by atoms with Crippen LogP contribution in [0.4, 0.5) is 0 Å². The van der Waals surface area contributed by atoms with Crippen LogP contribution in [0.2, 0.25) is 0 Å². The second-order valence-electron chi connectivity index (χ2n) is 4.63. The number of ether oxygens (including phenoxy) is 1. The number of rotatable bonds is 3. The van der Waals surface area contributed by atoms with Crippen molar-refractivity contribution in [3.05, 3.63) is 35.6 Å². The molecule has 2 heterocycles. The Labute approximate surface area is 106 Å².